The van der Waals surface area contributed by atoms with E-state index in [2.05, 4.69) is 25.7 Å². The molecule has 1 heteroatoms. The SMILES string of the molecule is C=C(C)CCCCCCCNCC.[HH]. The summed E-state index contributed by atoms with van der Waals surface area (Å²) in [6, 6.07) is 0. The second-order valence-electron chi connectivity index (χ2n) is 3.83. The van der Waals surface area contributed by atoms with Crippen LogP contribution >= 0.6 is 0 Å². The zero-order chi connectivity index (χ0) is 9.94. The van der Waals surface area contributed by atoms with Gasteiger partial charge in [0.1, 0.15) is 0 Å². The van der Waals surface area contributed by atoms with Crippen molar-refractivity contribution < 1.29 is 1.43 Å². The molecule has 0 saturated carbocycles. The highest BCUT2D eigenvalue weighted by Gasteiger charge is 1.91. The highest BCUT2D eigenvalue weighted by atomic mass is 14.8. The first-order valence-corrected chi connectivity index (χ1v) is 5.62. The molecule has 1 nitrogen and oxygen atoms in total. The van der Waals surface area contributed by atoms with Gasteiger partial charge in [-0.3, -0.25) is 0 Å². The van der Waals surface area contributed by atoms with Crippen LogP contribution in [0, 0.1) is 0 Å². The van der Waals surface area contributed by atoms with Gasteiger partial charge in [-0.1, -0.05) is 31.8 Å². The molecule has 0 aliphatic rings. The lowest BCUT2D eigenvalue weighted by Gasteiger charge is -2.02. The van der Waals surface area contributed by atoms with Gasteiger partial charge in [0.05, 0.1) is 0 Å². The Morgan fingerprint density at radius 3 is 2.38 bits per heavy atom. The molecule has 0 atom stereocenters. The molecule has 0 aliphatic carbocycles. The van der Waals surface area contributed by atoms with Crippen molar-refractivity contribution in [3.05, 3.63) is 12.2 Å². The van der Waals surface area contributed by atoms with Gasteiger partial charge >= 0.3 is 0 Å². The van der Waals surface area contributed by atoms with E-state index in [1.165, 1.54) is 50.6 Å². The number of hydrogen-bond acceptors (Lipinski definition) is 1. The molecule has 0 aromatic carbocycles. The first-order chi connectivity index (χ1) is 6.27. The minimum absolute atomic E-state index is 0. The maximum absolute atomic E-state index is 3.90. The van der Waals surface area contributed by atoms with Gasteiger partial charge < -0.3 is 5.32 Å². The smallest absolute Gasteiger partial charge is 0 e. The van der Waals surface area contributed by atoms with Crippen LogP contribution in [0.15, 0.2) is 12.2 Å². The lowest BCUT2D eigenvalue weighted by molar-refractivity contribution is 0.583. The summed E-state index contributed by atoms with van der Waals surface area (Å²) < 4.78 is 0. The minimum atomic E-state index is 0. The molecule has 0 aromatic rings. The summed E-state index contributed by atoms with van der Waals surface area (Å²) >= 11 is 0. The van der Waals surface area contributed by atoms with Crippen molar-refractivity contribution in [3.63, 3.8) is 0 Å². The molecule has 80 valence electrons. The summed E-state index contributed by atoms with van der Waals surface area (Å²) in [5.41, 5.74) is 1.33. The Morgan fingerprint density at radius 2 is 1.77 bits per heavy atom. The zero-order valence-corrected chi connectivity index (χ0v) is 9.36. The average molecular weight is 185 g/mol. The summed E-state index contributed by atoms with van der Waals surface area (Å²) in [5.74, 6) is 0. The molecule has 0 aliphatic heterocycles. The van der Waals surface area contributed by atoms with Gasteiger partial charge in [0.25, 0.3) is 0 Å². The van der Waals surface area contributed by atoms with Crippen LogP contribution in [0.5, 0.6) is 0 Å². The van der Waals surface area contributed by atoms with Crippen molar-refractivity contribution in [2.24, 2.45) is 0 Å². The normalized spacial score (nSPS) is 10.3. The first-order valence-electron chi connectivity index (χ1n) is 5.62. The molecule has 0 aromatic heterocycles. The van der Waals surface area contributed by atoms with E-state index in [1.54, 1.807) is 0 Å². The molecule has 0 amide bonds. The number of hydrogen-bond donors (Lipinski definition) is 1. The van der Waals surface area contributed by atoms with Crippen molar-refractivity contribution in [2.75, 3.05) is 13.1 Å². The fourth-order valence-electron chi connectivity index (χ4n) is 1.38. The second-order valence-corrected chi connectivity index (χ2v) is 3.83. The molecule has 0 heterocycles. The second kappa shape index (κ2) is 9.79. The lowest BCUT2D eigenvalue weighted by atomic mass is 10.1. The molecule has 13 heavy (non-hydrogen) atoms. The van der Waals surface area contributed by atoms with E-state index < -0.39 is 0 Å². The maximum Gasteiger partial charge on any atom is 0 e. The van der Waals surface area contributed by atoms with Crippen molar-refractivity contribution in [3.8, 4) is 0 Å². The van der Waals surface area contributed by atoms with Crippen molar-refractivity contribution >= 4 is 0 Å². The third-order valence-corrected chi connectivity index (χ3v) is 2.21. The molecule has 0 bridgehead atoms. The Labute approximate surface area is 85.1 Å². The predicted molar refractivity (Wildman–Crippen MR) is 63.2 cm³/mol. The molecule has 0 fully saturated rings. The molecule has 0 radical (unpaired) electrons. The Bertz CT molecular complexity index is 123. The standard InChI is InChI=1S/C12H25N.H2/c1-4-13-11-9-7-5-6-8-10-12(2)3;/h13H,2,4-11H2,1,3H3;1H. The minimum Gasteiger partial charge on any atom is -0.317 e. The maximum atomic E-state index is 3.90. The Hall–Kier alpha value is -0.300. The van der Waals surface area contributed by atoms with Gasteiger partial charge in [0.2, 0.25) is 0 Å². The summed E-state index contributed by atoms with van der Waals surface area (Å²) in [6.45, 7) is 10.5. The van der Waals surface area contributed by atoms with Crippen LogP contribution in [0.3, 0.4) is 0 Å². The van der Waals surface area contributed by atoms with Gasteiger partial charge in [-0.15, -0.1) is 6.58 Å². The molecule has 0 spiro atoms. The third kappa shape index (κ3) is 11.7. The van der Waals surface area contributed by atoms with E-state index >= 15 is 0 Å². The van der Waals surface area contributed by atoms with Gasteiger partial charge in [-0.05, 0) is 39.3 Å². The quantitative estimate of drug-likeness (QED) is 0.426. The average Bonchev–Trinajstić information content (AvgIpc) is 2.09. The van der Waals surface area contributed by atoms with Gasteiger partial charge in [-0.25, -0.2) is 0 Å². The monoisotopic (exact) mass is 185 g/mol. The topological polar surface area (TPSA) is 12.0 Å². The summed E-state index contributed by atoms with van der Waals surface area (Å²) in [5, 5.41) is 3.34. The van der Waals surface area contributed by atoms with Gasteiger partial charge in [0, 0.05) is 1.43 Å². The molecule has 0 saturated heterocycles. The zero-order valence-electron chi connectivity index (χ0n) is 9.36. The van der Waals surface area contributed by atoms with E-state index in [9.17, 15) is 0 Å². The number of nitrogens with one attached hydrogen (secondary N) is 1. The fourth-order valence-corrected chi connectivity index (χ4v) is 1.38. The summed E-state index contributed by atoms with van der Waals surface area (Å²) in [4.78, 5) is 0. The van der Waals surface area contributed by atoms with E-state index in [1.807, 2.05) is 0 Å². The number of rotatable bonds is 9. The summed E-state index contributed by atoms with van der Waals surface area (Å²) in [6.07, 6.45) is 8.02. The molecular weight excluding hydrogens is 158 g/mol. The van der Waals surface area contributed by atoms with Gasteiger partial charge in [0.15, 0.2) is 0 Å². The number of unbranched alkanes of at least 4 members (excludes halogenated alkanes) is 4. The fraction of sp³-hybridized carbons (Fsp3) is 0.833. The van der Waals surface area contributed by atoms with Crippen LogP contribution in [-0.4, -0.2) is 13.1 Å². The largest absolute Gasteiger partial charge is 0.317 e. The molecule has 0 rings (SSSR count). The molecule has 1 N–H and O–H groups in total. The number of allylic oxidation sites excluding steroid dienone is 1. The van der Waals surface area contributed by atoms with E-state index in [4.69, 9.17) is 0 Å². The Kier molecular flexibility index (Phi) is 9.56. The van der Waals surface area contributed by atoms with Crippen LogP contribution in [0.1, 0.15) is 53.8 Å². The van der Waals surface area contributed by atoms with Crippen LogP contribution in [-0.2, 0) is 0 Å². The molecular formula is C12H27N. The van der Waals surface area contributed by atoms with Crippen LogP contribution in [0.2, 0.25) is 0 Å². The summed E-state index contributed by atoms with van der Waals surface area (Å²) in [7, 11) is 0. The molecule has 0 unspecified atom stereocenters. The predicted octanol–water partition coefficient (Wildman–Crippen LogP) is 3.76. The van der Waals surface area contributed by atoms with Crippen LogP contribution in [0.4, 0.5) is 0 Å². The highest BCUT2D eigenvalue weighted by molar-refractivity contribution is 4.86. The third-order valence-electron chi connectivity index (χ3n) is 2.21. The lowest BCUT2D eigenvalue weighted by Crippen LogP contribution is -2.13. The van der Waals surface area contributed by atoms with Crippen LogP contribution < -0.4 is 5.32 Å². The van der Waals surface area contributed by atoms with Crippen molar-refractivity contribution in [1.29, 1.82) is 0 Å². The van der Waals surface area contributed by atoms with Crippen molar-refractivity contribution in [2.45, 2.75) is 52.4 Å². The highest BCUT2D eigenvalue weighted by Crippen LogP contribution is 2.08. The van der Waals surface area contributed by atoms with E-state index in [0.29, 0.717) is 0 Å². The van der Waals surface area contributed by atoms with Crippen molar-refractivity contribution in [1.82, 2.24) is 5.32 Å². The Morgan fingerprint density at radius 1 is 1.15 bits per heavy atom. The first kappa shape index (κ1) is 12.7. The van der Waals surface area contributed by atoms with E-state index in [0.717, 1.165) is 6.54 Å². The van der Waals surface area contributed by atoms with E-state index in [-0.39, 0.29) is 1.43 Å². The Balaban J connectivity index is 0. The van der Waals surface area contributed by atoms with Gasteiger partial charge in [-0.2, -0.15) is 0 Å². The van der Waals surface area contributed by atoms with Crippen LogP contribution in [0.25, 0.3) is 0 Å².